The summed E-state index contributed by atoms with van der Waals surface area (Å²) in [6.07, 6.45) is 4.49. The summed E-state index contributed by atoms with van der Waals surface area (Å²) in [7, 11) is 0. The van der Waals surface area contributed by atoms with Crippen LogP contribution in [0.25, 0.3) is 0 Å². The summed E-state index contributed by atoms with van der Waals surface area (Å²) >= 11 is 0. The van der Waals surface area contributed by atoms with Gasteiger partial charge in [0, 0.05) is 19.1 Å². The molecule has 0 unspecified atom stereocenters. The molecule has 0 atom stereocenters. The first-order valence-electron chi connectivity index (χ1n) is 10.2. The number of aliphatic imine (C=N–C) groups is 1. The van der Waals surface area contributed by atoms with Crippen molar-refractivity contribution in [2.24, 2.45) is 10.9 Å². The Labute approximate surface area is 186 Å². The average molecular weight is 502 g/mol. The minimum atomic E-state index is -0.0547. The molecule has 0 spiro atoms. The van der Waals surface area contributed by atoms with Gasteiger partial charge in [0.25, 0.3) is 5.91 Å². The predicted molar refractivity (Wildman–Crippen MR) is 125 cm³/mol. The van der Waals surface area contributed by atoms with Crippen LogP contribution in [0.3, 0.4) is 0 Å². The van der Waals surface area contributed by atoms with Crippen molar-refractivity contribution in [3.8, 4) is 5.75 Å². The third-order valence-electron chi connectivity index (χ3n) is 4.69. The van der Waals surface area contributed by atoms with E-state index in [1.807, 2.05) is 24.3 Å². The Bertz CT molecular complexity index is 616. The Hall–Kier alpha value is -1.51. The molecule has 0 bridgehead atoms. The molecule has 1 amide bonds. The standard InChI is InChI=1S/C21H34N4O2.HI/c1-4-16(5-2)13-23-21(22-6-3)24-14-17-8-7-9-19(12-17)27-15-20(26)25-18-10-11-18;/h7-9,12,16,18H,4-6,10-11,13-15H2,1-3H3,(H,25,26)(H2,22,23,24);1H. The molecule has 1 aliphatic rings. The summed E-state index contributed by atoms with van der Waals surface area (Å²) in [6, 6.07) is 8.12. The second-order valence-corrected chi connectivity index (χ2v) is 7.04. The molecule has 158 valence electrons. The molecule has 6 nitrogen and oxygen atoms in total. The van der Waals surface area contributed by atoms with Gasteiger partial charge in [0.2, 0.25) is 0 Å². The molecule has 0 saturated heterocycles. The van der Waals surface area contributed by atoms with E-state index in [1.165, 1.54) is 0 Å². The number of halogens is 1. The first-order chi connectivity index (χ1) is 13.1. The number of ether oxygens (including phenoxy) is 1. The van der Waals surface area contributed by atoms with Crippen molar-refractivity contribution in [2.75, 3.05) is 19.7 Å². The molecule has 0 aliphatic heterocycles. The fourth-order valence-electron chi connectivity index (χ4n) is 2.71. The highest BCUT2D eigenvalue weighted by Crippen LogP contribution is 2.18. The van der Waals surface area contributed by atoms with Gasteiger partial charge < -0.3 is 20.7 Å². The van der Waals surface area contributed by atoms with Crippen LogP contribution in [-0.2, 0) is 11.3 Å². The maximum Gasteiger partial charge on any atom is 0.258 e. The zero-order valence-corrected chi connectivity index (χ0v) is 19.6. The second-order valence-electron chi connectivity index (χ2n) is 7.04. The van der Waals surface area contributed by atoms with E-state index in [-0.39, 0.29) is 36.5 Å². The lowest BCUT2D eigenvalue weighted by molar-refractivity contribution is -0.123. The molecular weight excluding hydrogens is 467 g/mol. The quantitative estimate of drug-likeness (QED) is 0.246. The van der Waals surface area contributed by atoms with Crippen LogP contribution in [0.2, 0.25) is 0 Å². The summed E-state index contributed by atoms with van der Waals surface area (Å²) in [5.74, 6) is 2.14. The molecule has 1 aliphatic carbocycles. The van der Waals surface area contributed by atoms with Gasteiger partial charge >= 0.3 is 0 Å². The lowest BCUT2D eigenvalue weighted by atomic mass is 10.0. The van der Waals surface area contributed by atoms with Crippen LogP contribution in [0.4, 0.5) is 0 Å². The van der Waals surface area contributed by atoms with Gasteiger partial charge in [0.15, 0.2) is 12.6 Å². The summed E-state index contributed by atoms with van der Waals surface area (Å²) in [4.78, 5) is 16.4. The van der Waals surface area contributed by atoms with E-state index in [9.17, 15) is 4.79 Å². The maximum atomic E-state index is 11.7. The minimum Gasteiger partial charge on any atom is -0.484 e. The number of carbonyl (C=O) groups excluding carboxylic acids is 1. The van der Waals surface area contributed by atoms with Crippen LogP contribution in [0.1, 0.15) is 52.0 Å². The van der Waals surface area contributed by atoms with E-state index in [4.69, 9.17) is 4.74 Å². The van der Waals surface area contributed by atoms with E-state index >= 15 is 0 Å². The summed E-state index contributed by atoms with van der Waals surface area (Å²) in [6.45, 7) is 8.88. The van der Waals surface area contributed by atoms with E-state index in [1.54, 1.807) is 0 Å². The monoisotopic (exact) mass is 502 g/mol. The lowest BCUT2D eigenvalue weighted by Gasteiger charge is -2.16. The molecule has 1 aromatic rings. The molecule has 0 aromatic heterocycles. The maximum absolute atomic E-state index is 11.7. The molecule has 1 aromatic carbocycles. The van der Waals surface area contributed by atoms with Gasteiger partial charge in [-0.2, -0.15) is 0 Å². The first kappa shape index (κ1) is 24.5. The Morgan fingerprint density at radius 3 is 2.61 bits per heavy atom. The van der Waals surface area contributed by atoms with Gasteiger partial charge in [-0.15, -0.1) is 24.0 Å². The van der Waals surface area contributed by atoms with E-state index in [0.29, 0.717) is 24.3 Å². The highest BCUT2D eigenvalue weighted by Gasteiger charge is 2.23. The molecule has 3 N–H and O–H groups in total. The molecule has 0 heterocycles. The smallest absolute Gasteiger partial charge is 0.258 e. The molecule has 1 fully saturated rings. The Morgan fingerprint density at radius 2 is 1.96 bits per heavy atom. The van der Waals surface area contributed by atoms with Crippen molar-refractivity contribution in [3.63, 3.8) is 0 Å². The highest BCUT2D eigenvalue weighted by atomic mass is 127. The summed E-state index contributed by atoms with van der Waals surface area (Å²) < 4.78 is 5.61. The van der Waals surface area contributed by atoms with Gasteiger partial charge in [-0.05, 0) is 43.4 Å². The van der Waals surface area contributed by atoms with Crippen molar-refractivity contribution in [1.82, 2.24) is 16.0 Å². The Morgan fingerprint density at radius 1 is 1.21 bits per heavy atom. The third-order valence-corrected chi connectivity index (χ3v) is 4.69. The second kappa shape index (κ2) is 13.6. The summed E-state index contributed by atoms with van der Waals surface area (Å²) in [5.41, 5.74) is 1.05. The number of rotatable bonds is 11. The first-order valence-corrected chi connectivity index (χ1v) is 10.2. The number of guanidine groups is 1. The van der Waals surface area contributed by atoms with Crippen molar-refractivity contribution >= 4 is 35.8 Å². The van der Waals surface area contributed by atoms with E-state index in [0.717, 1.165) is 50.3 Å². The van der Waals surface area contributed by atoms with Gasteiger partial charge in [-0.1, -0.05) is 38.8 Å². The number of amides is 1. The SMILES string of the molecule is CCNC(=NCc1cccc(OCC(=O)NC2CC2)c1)NCC(CC)CC.I. The predicted octanol–water partition coefficient (Wildman–Crippen LogP) is 3.45. The zero-order valence-electron chi connectivity index (χ0n) is 17.3. The number of nitrogens with one attached hydrogen (secondary N) is 3. The van der Waals surface area contributed by atoms with Crippen LogP contribution in [0.5, 0.6) is 5.75 Å². The fourth-order valence-corrected chi connectivity index (χ4v) is 2.71. The van der Waals surface area contributed by atoms with Crippen LogP contribution in [0.15, 0.2) is 29.3 Å². The normalized spacial score (nSPS) is 13.6. The molecular formula is C21H35IN4O2. The topological polar surface area (TPSA) is 74.8 Å². The number of hydrogen-bond acceptors (Lipinski definition) is 3. The van der Waals surface area contributed by atoms with Gasteiger partial charge in [0.05, 0.1) is 6.54 Å². The van der Waals surface area contributed by atoms with Gasteiger partial charge in [-0.3, -0.25) is 4.79 Å². The largest absolute Gasteiger partial charge is 0.484 e. The fraction of sp³-hybridized carbons (Fsp3) is 0.619. The minimum absolute atomic E-state index is 0. The molecule has 2 rings (SSSR count). The van der Waals surface area contributed by atoms with Gasteiger partial charge in [0.1, 0.15) is 5.75 Å². The van der Waals surface area contributed by atoms with Crippen molar-refractivity contribution < 1.29 is 9.53 Å². The Kier molecular flexibility index (Phi) is 11.9. The molecule has 1 saturated carbocycles. The van der Waals surface area contributed by atoms with Crippen LogP contribution in [-0.4, -0.2) is 37.6 Å². The summed E-state index contributed by atoms with van der Waals surface area (Å²) in [5, 5.41) is 9.64. The average Bonchev–Trinajstić information content (AvgIpc) is 3.49. The third kappa shape index (κ3) is 9.61. The van der Waals surface area contributed by atoms with E-state index in [2.05, 4.69) is 41.7 Å². The number of nitrogens with zero attached hydrogens (tertiary/aromatic N) is 1. The number of hydrogen-bond donors (Lipinski definition) is 3. The molecule has 7 heteroatoms. The molecule has 28 heavy (non-hydrogen) atoms. The lowest BCUT2D eigenvalue weighted by Crippen LogP contribution is -2.39. The van der Waals surface area contributed by atoms with E-state index < -0.39 is 0 Å². The van der Waals surface area contributed by atoms with Crippen LogP contribution >= 0.6 is 24.0 Å². The van der Waals surface area contributed by atoms with Gasteiger partial charge in [-0.25, -0.2) is 4.99 Å². The number of carbonyl (C=O) groups is 1. The van der Waals surface area contributed by atoms with Crippen LogP contribution in [0, 0.1) is 5.92 Å². The Balaban J connectivity index is 0.00000392. The molecule has 0 radical (unpaired) electrons. The van der Waals surface area contributed by atoms with Crippen molar-refractivity contribution in [3.05, 3.63) is 29.8 Å². The zero-order chi connectivity index (χ0) is 19.5. The highest BCUT2D eigenvalue weighted by molar-refractivity contribution is 14.0. The number of benzene rings is 1. The van der Waals surface area contributed by atoms with Crippen molar-refractivity contribution in [2.45, 2.75) is 59.0 Å². The van der Waals surface area contributed by atoms with Crippen molar-refractivity contribution in [1.29, 1.82) is 0 Å². The van der Waals surface area contributed by atoms with Crippen LogP contribution < -0.4 is 20.7 Å².